The zero-order chi connectivity index (χ0) is 14.0. The van der Waals surface area contributed by atoms with Gasteiger partial charge in [0.2, 0.25) is 0 Å². The third kappa shape index (κ3) is 3.11. The van der Waals surface area contributed by atoms with Crippen LogP contribution in [-0.2, 0) is 12.6 Å². The third-order valence-corrected chi connectivity index (χ3v) is 2.94. The van der Waals surface area contributed by atoms with Gasteiger partial charge >= 0.3 is 6.18 Å². The highest BCUT2D eigenvalue weighted by atomic mass is 35.5. The van der Waals surface area contributed by atoms with Gasteiger partial charge in [0.1, 0.15) is 11.5 Å². The molecule has 1 aromatic heterocycles. The molecular weight excluding hydrogens is 279 g/mol. The summed E-state index contributed by atoms with van der Waals surface area (Å²) in [6.07, 6.45) is -3.89. The van der Waals surface area contributed by atoms with Crippen LogP contribution in [0.15, 0.2) is 34.7 Å². The number of benzene rings is 1. The predicted molar refractivity (Wildman–Crippen MR) is 66.9 cm³/mol. The van der Waals surface area contributed by atoms with Gasteiger partial charge in [0.05, 0.1) is 10.6 Å². The fourth-order valence-corrected chi connectivity index (χ4v) is 1.90. The van der Waals surface area contributed by atoms with Crippen LogP contribution in [0.3, 0.4) is 0 Å². The molecule has 0 amide bonds. The first kappa shape index (κ1) is 14.0. The molecule has 1 heterocycles. The summed E-state index contributed by atoms with van der Waals surface area (Å²) in [4.78, 5) is 0. The molecule has 0 radical (unpaired) electrons. The molecule has 6 heteroatoms. The Labute approximate surface area is 113 Å². The largest absolute Gasteiger partial charge is 0.461 e. The van der Waals surface area contributed by atoms with Crippen molar-refractivity contribution in [2.45, 2.75) is 12.6 Å². The van der Waals surface area contributed by atoms with E-state index in [1.54, 1.807) is 12.1 Å². The van der Waals surface area contributed by atoms with Crippen LogP contribution in [0, 0.1) is 0 Å². The van der Waals surface area contributed by atoms with Gasteiger partial charge in [0.15, 0.2) is 0 Å². The average Bonchev–Trinajstić information content (AvgIpc) is 2.77. The summed E-state index contributed by atoms with van der Waals surface area (Å²) in [6, 6.07) is 6.40. The molecule has 0 aliphatic heterocycles. The number of rotatable bonds is 3. The van der Waals surface area contributed by atoms with Crippen molar-refractivity contribution in [1.29, 1.82) is 0 Å². The quantitative estimate of drug-likeness (QED) is 0.923. The maximum atomic E-state index is 12.7. The maximum Gasteiger partial charge on any atom is 0.416 e. The molecule has 1 aromatic carbocycles. The highest BCUT2D eigenvalue weighted by Crippen LogP contribution is 2.36. The lowest BCUT2D eigenvalue weighted by Gasteiger charge is -2.09. The molecule has 2 rings (SSSR count). The van der Waals surface area contributed by atoms with Crippen LogP contribution in [0.4, 0.5) is 13.2 Å². The molecule has 0 aliphatic carbocycles. The van der Waals surface area contributed by atoms with E-state index in [1.165, 1.54) is 6.07 Å². The van der Waals surface area contributed by atoms with E-state index in [9.17, 15) is 13.2 Å². The van der Waals surface area contributed by atoms with Crippen molar-refractivity contribution in [1.82, 2.24) is 0 Å². The Morgan fingerprint density at radius 1 is 1.16 bits per heavy atom. The lowest BCUT2D eigenvalue weighted by Crippen LogP contribution is -2.04. The molecule has 0 aliphatic rings. The van der Waals surface area contributed by atoms with Crippen molar-refractivity contribution in [3.05, 3.63) is 46.7 Å². The van der Waals surface area contributed by atoms with E-state index in [2.05, 4.69) is 0 Å². The van der Waals surface area contributed by atoms with Gasteiger partial charge in [-0.25, -0.2) is 0 Å². The molecule has 2 nitrogen and oxygen atoms in total. The molecular formula is C13H11ClF3NO. The SMILES string of the molecule is NCCc1ccc(-c2cc(C(F)(F)F)ccc2Cl)o1. The number of alkyl halides is 3. The summed E-state index contributed by atoms with van der Waals surface area (Å²) in [5, 5.41) is 0.210. The zero-order valence-corrected chi connectivity index (χ0v) is 10.6. The minimum atomic E-state index is -4.41. The van der Waals surface area contributed by atoms with Crippen molar-refractivity contribution >= 4 is 11.6 Å². The van der Waals surface area contributed by atoms with Crippen LogP contribution < -0.4 is 5.73 Å². The van der Waals surface area contributed by atoms with Crippen molar-refractivity contribution < 1.29 is 17.6 Å². The summed E-state index contributed by atoms with van der Waals surface area (Å²) in [5.41, 5.74) is 4.85. The summed E-state index contributed by atoms with van der Waals surface area (Å²) in [6.45, 7) is 0.406. The fourth-order valence-electron chi connectivity index (χ4n) is 1.69. The van der Waals surface area contributed by atoms with Gasteiger partial charge in [0.25, 0.3) is 0 Å². The summed E-state index contributed by atoms with van der Waals surface area (Å²) in [5.74, 6) is 0.922. The van der Waals surface area contributed by atoms with E-state index in [1.807, 2.05) is 0 Å². The van der Waals surface area contributed by atoms with Crippen LogP contribution >= 0.6 is 11.6 Å². The van der Waals surface area contributed by atoms with E-state index in [0.717, 1.165) is 12.1 Å². The van der Waals surface area contributed by atoms with Crippen molar-refractivity contribution in [2.75, 3.05) is 6.54 Å². The second-order valence-corrected chi connectivity index (χ2v) is 4.40. The third-order valence-electron chi connectivity index (χ3n) is 2.61. The zero-order valence-electron chi connectivity index (χ0n) is 9.80. The Kier molecular flexibility index (Phi) is 3.87. The average molecular weight is 290 g/mol. The van der Waals surface area contributed by atoms with E-state index >= 15 is 0 Å². The Morgan fingerprint density at radius 2 is 1.89 bits per heavy atom. The number of furan rings is 1. The van der Waals surface area contributed by atoms with Crippen LogP contribution in [0.25, 0.3) is 11.3 Å². The Balaban J connectivity index is 2.42. The minimum Gasteiger partial charge on any atom is -0.461 e. The molecule has 102 valence electrons. The van der Waals surface area contributed by atoms with E-state index in [-0.39, 0.29) is 10.6 Å². The van der Waals surface area contributed by atoms with Gasteiger partial charge < -0.3 is 10.2 Å². The maximum absolute atomic E-state index is 12.7. The molecule has 2 N–H and O–H groups in total. The summed E-state index contributed by atoms with van der Waals surface area (Å²) < 4.78 is 43.4. The number of hydrogen-bond acceptors (Lipinski definition) is 2. The van der Waals surface area contributed by atoms with Gasteiger partial charge in [-0.2, -0.15) is 13.2 Å². The number of halogens is 4. The Morgan fingerprint density at radius 3 is 2.53 bits per heavy atom. The van der Waals surface area contributed by atoms with Crippen LogP contribution in [0.2, 0.25) is 5.02 Å². The standard InChI is InChI=1S/C13H11ClF3NO/c14-11-3-1-8(13(15,16)17)7-10(11)12-4-2-9(19-12)5-6-18/h1-4,7H,5-6,18H2. The fraction of sp³-hybridized carbons (Fsp3) is 0.231. The number of hydrogen-bond donors (Lipinski definition) is 1. The highest BCUT2D eigenvalue weighted by molar-refractivity contribution is 6.33. The first-order valence-corrected chi connectivity index (χ1v) is 5.95. The molecule has 0 spiro atoms. The molecule has 0 unspecified atom stereocenters. The predicted octanol–water partition coefficient (Wildman–Crippen LogP) is 4.12. The summed E-state index contributed by atoms with van der Waals surface area (Å²) in [7, 11) is 0. The van der Waals surface area contributed by atoms with Crippen LogP contribution in [0.1, 0.15) is 11.3 Å². The molecule has 0 atom stereocenters. The second kappa shape index (κ2) is 5.27. The number of nitrogens with two attached hydrogens (primary N) is 1. The van der Waals surface area contributed by atoms with Gasteiger partial charge in [-0.3, -0.25) is 0 Å². The van der Waals surface area contributed by atoms with Gasteiger partial charge in [-0.15, -0.1) is 0 Å². The van der Waals surface area contributed by atoms with Gasteiger partial charge in [-0.05, 0) is 36.9 Å². The molecule has 0 saturated heterocycles. The van der Waals surface area contributed by atoms with Crippen molar-refractivity contribution in [3.63, 3.8) is 0 Å². The van der Waals surface area contributed by atoms with Gasteiger partial charge in [-0.1, -0.05) is 11.6 Å². The molecule has 0 saturated carbocycles. The first-order valence-electron chi connectivity index (χ1n) is 5.57. The lowest BCUT2D eigenvalue weighted by atomic mass is 10.1. The van der Waals surface area contributed by atoms with E-state index < -0.39 is 11.7 Å². The van der Waals surface area contributed by atoms with Crippen LogP contribution in [-0.4, -0.2) is 6.54 Å². The highest BCUT2D eigenvalue weighted by Gasteiger charge is 2.31. The molecule has 19 heavy (non-hydrogen) atoms. The lowest BCUT2D eigenvalue weighted by molar-refractivity contribution is -0.137. The summed E-state index contributed by atoms with van der Waals surface area (Å²) >= 11 is 5.92. The van der Waals surface area contributed by atoms with Crippen molar-refractivity contribution in [3.8, 4) is 11.3 Å². The van der Waals surface area contributed by atoms with E-state index in [4.69, 9.17) is 21.8 Å². The Bertz CT molecular complexity index is 578. The Hall–Kier alpha value is -1.46. The molecule has 2 aromatic rings. The van der Waals surface area contributed by atoms with Crippen LogP contribution in [0.5, 0.6) is 0 Å². The topological polar surface area (TPSA) is 39.2 Å². The second-order valence-electron chi connectivity index (χ2n) is 4.00. The normalized spacial score (nSPS) is 11.8. The monoisotopic (exact) mass is 289 g/mol. The van der Waals surface area contributed by atoms with Crippen molar-refractivity contribution in [2.24, 2.45) is 5.73 Å². The first-order chi connectivity index (χ1) is 8.91. The van der Waals surface area contributed by atoms with E-state index in [0.29, 0.717) is 24.5 Å². The molecule has 0 bridgehead atoms. The van der Waals surface area contributed by atoms with Gasteiger partial charge in [0, 0.05) is 12.0 Å². The minimum absolute atomic E-state index is 0.210. The molecule has 0 fully saturated rings. The smallest absolute Gasteiger partial charge is 0.416 e.